The molecule has 0 aromatic heterocycles. The first-order valence-corrected chi connectivity index (χ1v) is 7.40. The minimum atomic E-state index is 0.776. The van der Waals surface area contributed by atoms with Crippen LogP contribution in [0.3, 0.4) is 0 Å². The maximum Gasteiger partial charge on any atom is 0.150 e. The number of hydrogen-bond acceptors (Lipinski definition) is 2. The monoisotopic (exact) mass is 316 g/mol. The molecule has 0 atom stereocenters. The highest BCUT2D eigenvalue weighted by Crippen LogP contribution is 2.15. The summed E-state index contributed by atoms with van der Waals surface area (Å²) in [5.74, 6) is 3.02. The van der Waals surface area contributed by atoms with Gasteiger partial charge in [0.05, 0.1) is 0 Å². The Kier molecular flexibility index (Phi) is 4.49. The number of halogens is 1. The number of carbonyl (C=O) groups is 1. The van der Waals surface area contributed by atoms with Gasteiger partial charge in [0.1, 0.15) is 0 Å². The Morgan fingerprint density at radius 3 is 2.36 bits per heavy atom. The van der Waals surface area contributed by atoms with Crippen molar-refractivity contribution < 1.29 is 4.79 Å². The summed E-state index contributed by atoms with van der Waals surface area (Å²) in [6, 6.07) is 3.88. The van der Waals surface area contributed by atoms with Crippen LogP contribution in [-0.4, -0.2) is 6.29 Å². The third-order valence-electron chi connectivity index (χ3n) is 1.95. The summed E-state index contributed by atoms with van der Waals surface area (Å²) < 4.78 is 0. The van der Waals surface area contributed by atoms with E-state index in [1.54, 1.807) is 0 Å². The number of aldehydes is 1. The van der Waals surface area contributed by atoms with Crippen LogP contribution >= 0.6 is 30.1 Å². The lowest BCUT2D eigenvalue weighted by molar-refractivity contribution is 0.112. The zero-order chi connectivity index (χ0) is 10.6. The van der Waals surface area contributed by atoms with Gasteiger partial charge in [-0.2, -0.15) is 0 Å². The van der Waals surface area contributed by atoms with E-state index >= 15 is 0 Å². The molecule has 0 amide bonds. The predicted octanol–water partition coefficient (Wildman–Crippen LogP) is 3.51. The SMILES string of the molecule is Cc1cc(C#CSI)cc(C)c1C=O. The Labute approximate surface area is 100 Å². The summed E-state index contributed by atoms with van der Waals surface area (Å²) in [7, 11) is 1.46. The van der Waals surface area contributed by atoms with Crippen LogP contribution in [0.25, 0.3) is 0 Å². The Morgan fingerprint density at radius 1 is 1.36 bits per heavy atom. The highest BCUT2D eigenvalue weighted by molar-refractivity contribution is 14.2. The second kappa shape index (κ2) is 5.42. The molecule has 0 N–H and O–H groups in total. The third-order valence-corrected chi connectivity index (χ3v) is 2.79. The summed E-state index contributed by atoms with van der Waals surface area (Å²) in [5.41, 5.74) is 3.72. The summed E-state index contributed by atoms with van der Waals surface area (Å²) in [6.45, 7) is 3.86. The zero-order valence-corrected chi connectivity index (χ0v) is 10.9. The van der Waals surface area contributed by atoms with Crippen LogP contribution in [0.4, 0.5) is 0 Å². The van der Waals surface area contributed by atoms with Gasteiger partial charge in [0.15, 0.2) is 6.29 Å². The zero-order valence-electron chi connectivity index (χ0n) is 7.93. The van der Waals surface area contributed by atoms with Crippen molar-refractivity contribution in [2.75, 3.05) is 0 Å². The van der Waals surface area contributed by atoms with Crippen LogP contribution in [0.1, 0.15) is 27.0 Å². The Hall–Kier alpha value is -0.470. The van der Waals surface area contributed by atoms with Gasteiger partial charge in [0, 0.05) is 32.3 Å². The molecule has 1 rings (SSSR count). The minimum absolute atomic E-state index is 0.776. The molecule has 0 radical (unpaired) electrons. The number of rotatable bonds is 1. The first-order valence-electron chi connectivity index (χ1n) is 4.04. The molecule has 0 spiro atoms. The van der Waals surface area contributed by atoms with Crippen molar-refractivity contribution in [1.29, 1.82) is 0 Å². The fourth-order valence-electron chi connectivity index (χ4n) is 1.31. The molecule has 0 saturated carbocycles. The lowest BCUT2D eigenvalue weighted by atomic mass is 10.0. The summed E-state index contributed by atoms with van der Waals surface area (Å²) >= 11 is 2.13. The van der Waals surface area contributed by atoms with Crippen LogP contribution in [0.2, 0.25) is 0 Å². The van der Waals surface area contributed by atoms with Crippen LogP contribution < -0.4 is 0 Å². The van der Waals surface area contributed by atoms with E-state index in [9.17, 15) is 4.79 Å². The van der Waals surface area contributed by atoms with Crippen molar-refractivity contribution in [3.63, 3.8) is 0 Å². The highest BCUT2D eigenvalue weighted by Gasteiger charge is 2.02. The van der Waals surface area contributed by atoms with Crippen LogP contribution in [0.5, 0.6) is 0 Å². The molecule has 14 heavy (non-hydrogen) atoms. The van der Waals surface area contributed by atoms with E-state index in [2.05, 4.69) is 32.4 Å². The van der Waals surface area contributed by atoms with E-state index in [0.29, 0.717) is 0 Å². The highest BCUT2D eigenvalue weighted by atomic mass is 127. The molecule has 3 heteroatoms. The standard InChI is InChI=1S/C11H9IOS/c1-8-5-10(3-4-14-12)6-9(2)11(8)7-13/h5-7H,1-2H3. The predicted molar refractivity (Wildman–Crippen MR) is 69.8 cm³/mol. The maximum absolute atomic E-state index is 10.7. The van der Waals surface area contributed by atoms with Crippen molar-refractivity contribution in [1.82, 2.24) is 0 Å². The molecule has 0 saturated heterocycles. The van der Waals surface area contributed by atoms with Gasteiger partial charge in [0.25, 0.3) is 0 Å². The quantitative estimate of drug-likeness (QED) is 0.448. The summed E-state index contributed by atoms with van der Waals surface area (Å²) in [6.07, 6.45) is 0.898. The van der Waals surface area contributed by atoms with E-state index in [1.165, 1.54) is 8.93 Å². The second-order valence-corrected chi connectivity index (χ2v) is 4.63. The topological polar surface area (TPSA) is 17.1 Å². The molecule has 0 bridgehead atoms. The summed E-state index contributed by atoms with van der Waals surface area (Å²) in [5, 5.41) is 2.92. The van der Waals surface area contributed by atoms with Gasteiger partial charge in [-0.15, -0.1) is 0 Å². The van der Waals surface area contributed by atoms with Gasteiger partial charge < -0.3 is 0 Å². The summed E-state index contributed by atoms with van der Waals surface area (Å²) in [4.78, 5) is 10.7. The third kappa shape index (κ3) is 2.76. The van der Waals surface area contributed by atoms with Gasteiger partial charge in [-0.3, -0.25) is 4.79 Å². The molecule has 0 heterocycles. The second-order valence-electron chi connectivity index (χ2n) is 2.95. The fourth-order valence-corrected chi connectivity index (χ4v) is 1.80. The van der Waals surface area contributed by atoms with E-state index in [1.807, 2.05) is 26.0 Å². The fraction of sp³-hybridized carbons (Fsp3) is 0.182. The number of benzene rings is 1. The maximum atomic E-state index is 10.7. The molecule has 0 aliphatic heterocycles. The van der Waals surface area contributed by atoms with Gasteiger partial charge >= 0.3 is 0 Å². The molecule has 0 aliphatic carbocycles. The Bertz CT molecular complexity index is 392. The molecular weight excluding hydrogens is 307 g/mol. The van der Waals surface area contributed by atoms with E-state index in [4.69, 9.17) is 0 Å². The minimum Gasteiger partial charge on any atom is -0.298 e. The molecular formula is C11H9IOS. The van der Waals surface area contributed by atoms with Gasteiger partial charge in [-0.05, 0) is 51.3 Å². The first-order chi connectivity index (χ1) is 6.69. The van der Waals surface area contributed by atoms with Crippen LogP contribution in [-0.2, 0) is 0 Å². The number of hydrogen-bond donors (Lipinski definition) is 0. The molecule has 1 aromatic rings. The Morgan fingerprint density at radius 2 is 1.93 bits per heavy atom. The van der Waals surface area contributed by atoms with Crippen molar-refractivity contribution >= 4 is 36.4 Å². The van der Waals surface area contributed by atoms with Gasteiger partial charge in [0.2, 0.25) is 0 Å². The van der Waals surface area contributed by atoms with Gasteiger partial charge in [-0.25, -0.2) is 0 Å². The molecule has 1 aromatic carbocycles. The lowest BCUT2D eigenvalue weighted by Gasteiger charge is -2.03. The van der Waals surface area contributed by atoms with Crippen molar-refractivity contribution in [2.45, 2.75) is 13.8 Å². The van der Waals surface area contributed by atoms with Crippen molar-refractivity contribution in [3.8, 4) is 11.2 Å². The van der Waals surface area contributed by atoms with Gasteiger partial charge in [-0.1, -0.05) is 5.92 Å². The molecule has 72 valence electrons. The van der Waals surface area contributed by atoms with Crippen molar-refractivity contribution in [2.24, 2.45) is 0 Å². The normalized spacial score (nSPS) is 9.07. The number of carbonyl (C=O) groups excluding carboxylic acids is 1. The average molecular weight is 316 g/mol. The largest absolute Gasteiger partial charge is 0.298 e. The lowest BCUT2D eigenvalue weighted by Crippen LogP contribution is -1.92. The van der Waals surface area contributed by atoms with Crippen molar-refractivity contribution in [3.05, 3.63) is 34.4 Å². The van der Waals surface area contributed by atoms with Crippen LogP contribution in [0, 0.1) is 25.0 Å². The molecule has 1 nitrogen and oxygen atoms in total. The molecule has 0 aliphatic rings. The average Bonchev–Trinajstić information content (AvgIpc) is 2.14. The van der Waals surface area contributed by atoms with E-state index in [0.717, 1.165) is 28.5 Å². The van der Waals surface area contributed by atoms with E-state index in [-0.39, 0.29) is 0 Å². The molecule has 0 fully saturated rings. The Balaban J connectivity index is 3.20. The first kappa shape index (κ1) is 11.6. The smallest absolute Gasteiger partial charge is 0.150 e. The van der Waals surface area contributed by atoms with Crippen LogP contribution in [0.15, 0.2) is 12.1 Å². The molecule has 0 unspecified atom stereocenters. The number of aryl methyl sites for hydroxylation is 2. The van der Waals surface area contributed by atoms with E-state index < -0.39 is 0 Å².